The Bertz CT molecular complexity index is 961. The average molecular weight is 405 g/mol. The number of H-pyrrole nitrogens is 1. The second-order valence-electron chi connectivity index (χ2n) is 7.43. The predicted octanol–water partition coefficient (Wildman–Crippen LogP) is 4.49. The summed E-state index contributed by atoms with van der Waals surface area (Å²) in [6, 6.07) is 10.2. The van der Waals surface area contributed by atoms with Crippen LogP contribution in [0, 0.1) is 0 Å². The zero-order chi connectivity index (χ0) is 20.6. The van der Waals surface area contributed by atoms with Crippen LogP contribution in [-0.2, 0) is 10.9 Å². The van der Waals surface area contributed by atoms with Gasteiger partial charge in [0, 0.05) is 18.7 Å². The summed E-state index contributed by atoms with van der Waals surface area (Å²) in [5.41, 5.74) is 0.660. The van der Waals surface area contributed by atoms with Gasteiger partial charge in [-0.2, -0.15) is 13.2 Å². The number of para-hydroxylation sites is 2. The van der Waals surface area contributed by atoms with Gasteiger partial charge in [0.15, 0.2) is 0 Å². The maximum absolute atomic E-state index is 13.3. The summed E-state index contributed by atoms with van der Waals surface area (Å²) in [6.07, 6.45) is -4.08. The summed E-state index contributed by atoms with van der Waals surface area (Å²) in [7, 11) is 2.02. The number of rotatable bonds is 4. The van der Waals surface area contributed by atoms with Crippen molar-refractivity contribution in [2.45, 2.75) is 31.2 Å². The van der Waals surface area contributed by atoms with Gasteiger partial charge in [0.1, 0.15) is 17.7 Å². The lowest BCUT2D eigenvalue weighted by Gasteiger charge is -2.31. The number of ether oxygens (including phenoxy) is 1. The van der Waals surface area contributed by atoms with E-state index in [9.17, 15) is 18.3 Å². The smallest absolute Gasteiger partial charge is 0.416 e. The molecule has 1 unspecified atom stereocenters. The third-order valence-corrected chi connectivity index (χ3v) is 5.29. The van der Waals surface area contributed by atoms with Crippen LogP contribution in [0.4, 0.5) is 13.2 Å². The largest absolute Gasteiger partial charge is 0.508 e. The lowest BCUT2D eigenvalue weighted by atomic mass is 10.0. The van der Waals surface area contributed by atoms with Crippen molar-refractivity contribution < 1.29 is 23.0 Å². The number of benzene rings is 2. The van der Waals surface area contributed by atoms with Crippen LogP contribution >= 0.6 is 0 Å². The van der Waals surface area contributed by atoms with E-state index in [4.69, 9.17) is 4.74 Å². The number of aromatic nitrogens is 2. The molecule has 1 saturated heterocycles. The molecular weight excluding hydrogens is 383 g/mol. The highest BCUT2D eigenvalue weighted by atomic mass is 19.4. The quantitative estimate of drug-likeness (QED) is 0.672. The molecule has 3 aromatic rings. The summed E-state index contributed by atoms with van der Waals surface area (Å²) in [5.74, 6) is 0.121. The van der Waals surface area contributed by atoms with Crippen LogP contribution in [0.2, 0.25) is 0 Å². The minimum absolute atomic E-state index is 0.0535. The van der Waals surface area contributed by atoms with Gasteiger partial charge in [0.2, 0.25) is 0 Å². The number of nitrogens with zero attached hydrogens (tertiary/aromatic N) is 2. The summed E-state index contributed by atoms with van der Waals surface area (Å²) in [5, 5.41) is 10.4. The van der Waals surface area contributed by atoms with Gasteiger partial charge in [-0.1, -0.05) is 12.1 Å². The van der Waals surface area contributed by atoms with Crippen molar-refractivity contribution in [1.82, 2.24) is 14.9 Å². The van der Waals surface area contributed by atoms with Crippen molar-refractivity contribution in [3.8, 4) is 5.75 Å². The molecule has 0 aliphatic carbocycles. The van der Waals surface area contributed by atoms with Crippen molar-refractivity contribution in [3.63, 3.8) is 0 Å². The number of phenols is 1. The maximum Gasteiger partial charge on any atom is 0.416 e. The van der Waals surface area contributed by atoms with Gasteiger partial charge in [-0.3, -0.25) is 0 Å². The predicted molar refractivity (Wildman–Crippen MR) is 103 cm³/mol. The monoisotopic (exact) mass is 405 g/mol. The van der Waals surface area contributed by atoms with Crippen LogP contribution in [0.15, 0.2) is 42.5 Å². The Labute approximate surface area is 166 Å². The fraction of sp³-hybridized carbons (Fsp3) is 0.381. The Morgan fingerprint density at radius 1 is 1.17 bits per heavy atom. The van der Waals surface area contributed by atoms with E-state index in [1.807, 2.05) is 31.3 Å². The van der Waals surface area contributed by atoms with Gasteiger partial charge in [-0.15, -0.1) is 0 Å². The first-order valence-electron chi connectivity index (χ1n) is 9.50. The Balaban J connectivity index is 1.75. The molecule has 1 atom stereocenters. The zero-order valence-electron chi connectivity index (χ0n) is 15.9. The van der Waals surface area contributed by atoms with Gasteiger partial charge in [0.25, 0.3) is 0 Å². The molecule has 0 radical (unpaired) electrons. The van der Waals surface area contributed by atoms with Crippen LogP contribution in [0.5, 0.6) is 5.75 Å². The van der Waals surface area contributed by atoms with Crippen LogP contribution < -0.4 is 0 Å². The number of alkyl halides is 3. The molecule has 1 aliphatic heterocycles. The van der Waals surface area contributed by atoms with Crippen molar-refractivity contribution in [1.29, 1.82) is 0 Å². The van der Waals surface area contributed by atoms with Gasteiger partial charge >= 0.3 is 6.18 Å². The fourth-order valence-electron chi connectivity index (χ4n) is 3.64. The molecule has 0 bridgehead atoms. The molecule has 0 saturated carbocycles. The molecule has 2 N–H and O–H groups in total. The van der Waals surface area contributed by atoms with Crippen molar-refractivity contribution in [3.05, 3.63) is 59.4 Å². The second-order valence-corrected chi connectivity index (χ2v) is 7.43. The fourth-order valence-corrected chi connectivity index (χ4v) is 3.64. The van der Waals surface area contributed by atoms with E-state index >= 15 is 0 Å². The van der Waals surface area contributed by atoms with Gasteiger partial charge in [-0.05, 0) is 50.2 Å². The second kappa shape index (κ2) is 7.68. The first-order valence-corrected chi connectivity index (χ1v) is 9.50. The third-order valence-electron chi connectivity index (χ3n) is 5.29. The summed E-state index contributed by atoms with van der Waals surface area (Å²) in [4.78, 5) is 9.84. The van der Waals surface area contributed by atoms with Crippen molar-refractivity contribution in [2.75, 3.05) is 20.1 Å². The molecule has 1 aromatic heterocycles. The Morgan fingerprint density at radius 3 is 2.59 bits per heavy atom. The Morgan fingerprint density at radius 2 is 1.90 bits per heavy atom. The number of imidazole rings is 1. The van der Waals surface area contributed by atoms with Crippen LogP contribution in [0.3, 0.4) is 0 Å². The van der Waals surface area contributed by atoms with Gasteiger partial charge < -0.3 is 19.7 Å². The van der Waals surface area contributed by atoms with Gasteiger partial charge in [0.05, 0.1) is 22.7 Å². The molecule has 1 fully saturated rings. The summed E-state index contributed by atoms with van der Waals surface area (Å²) >= 11 is 0. The lowest BCUT2D eigenvalue weighted by molar-refractivity contribution is -0.137. The Hall–Kier alpha value is -2.58. The number of halogens is 3. The van der Waals surface area contributed by atoms with E-state index in [2.05, 4.69) is 14.9 Å². The van der Waals surface area contributed by atoms with E-state index < -0.39 is 17.8 Å². The van der Waals surface area contributed by atoms with Crippen LogP contribution in [0.1, 0.15) is 35.9 Å². The minimum atomic E-state index is -4.52. The highest BCUT2D eigenvalue weighted by Crippen LogP contribution is 2.38. The maximum atomic E-state index is 13.3. The molecule has 2 aromatic carbocycles. The number of piperidine rings is 1. The van der Waals surface area contributed by atoms with Crippen LogP contribution in [-0.4, -0.2) is 46.2 Å². The number of hydrogen-bond acceptors (Lipinski definition) is 4. The summed E-state index contributed by atoms with van der Waals surface area (Å²) < 4.78 is 46.1. The summed E-state index contributed by atoms with van der Waals surface area (Å²) in [6.45, 7) is 1.68. The standard InChI is InChI=1S/C21H22F3N3O2/c1-27-10-8-14(9-11-27)29-19(20-25-16-4-2-3-5-17(16)26-20)15-12-13(21(22,23)24)6-7-18(15)28/h2-7,12,14,19,28H,8-11H2,1H3,(H,25,26). The molecule has 4 rings (SSSR count). The highest BCUT2D eigenvalue weighted by Gasteiger charge is 2.34. The van der Waals surface area contributed by atoms with E-state index in [-0.39, 0.29) is 17.4 Å². The number of hydrogen-bond donors (Lipinski definition) is 2. The molecule has 1 aliphatic rings. The number of likely N-dealkylation sites (tertiary alicyclic amines) is 1. The number of aromatic hydroxyl groups is 1. The first kappa shape index (κ1) is 19.7. The van der Waals surface area contributed by atoms with Gasteiger partial charge in [-0.25, -0.2) is 4.98 Å². The SMILES string of the molecule is CN1CCC(OC(c2nc3ccccc3[nH]2)c2cc(C(F)(F)F)ccc2O)CC1. The molecule has 29 heavy (non-hydrogen) atoms. The minimum Gasteiger partial charge on any atom is -0.508 e. The number of aromatic amines is 1. The third kappa shape index (κ3) is 4.23. The van der Waals surface area contributed by atoms with Crippen molar-refractivity contribution >= 4 is 11.0 Å². The normalized spacial score (nSPS) is 17.7. The zero-order valence-corrected chi connectivity index (χ0v) is 15.9. The average Bonchev–Trinajstić information content (AvgIpc) is 3.11. The first-order chi connectivity index (χ1) is 13.8. The highest BCUT2D eigenvalue weighted by molar-refractivity contribution is 5.75. The number of nitrogens with one attached hydrogen (secondary N) is 1. The van der Waals surface area contributed by atoms with Crippen molar-refractivity contribution in [2.24, 2.45) is 0 Å². The molecule has 8 heteroatoms. The number of fused-ring (bicyclic) bond motifs is 1. The van der Waals surface area contributed by atoms with E-state index in [0.29, 0.717) is 11.3 Å². The molecule has 0 spiro atoms. The molecule has 0 amide bonds. The van der Waals surface area contributed by atoms with Crippen LogP contribution in [0.25, 0.3) is 11.0 Å². The number of phenolic OH excluding ortho intramolecular Hbond substituents is 1. The van der Waals surface area contributed by atoms with E-state index in [1.54, 1.807) is 0 Å². The van der Waals surface area contributed by atoms with E-state index in [0.717, 1.165) is 49.6 Å². The lowest BCUT2D eigenvalue weighted by Crippen LogP contribution is -2.35. The van der Waals surface area contributed by atoms with E-state index in [1.165, 1.54) is 0 Å². The molecule has 154 valence electrons. The molecule has 5 nitrogen and oxygen atoms in total. The topological polar surface area (TPSA) is 61.4 Å². The molecular formula is C21H22F3N3O2. The molecule has 2 heterocycles. The Kier molecular flexibility index (Phi) is 5.23.